The first-order valence-electron chi connectivity index (χ1n) is 2.78. The third kappa shape index (κ3) is 1.97. The number of hydrogen-bond donors (Lipinski definition) is 1. The third-order valence-corrected chi connectivity index (χ3v) is 0.894. The maximum Gasteiger partial charge on any atom is 0.491 e. The maximum absolute atomic E-state index is 11.5. The molecule has 0 atom stereocenters. The molecule has 0 spiro atoms. The number of aromatic nitrogens is 2. The topological polar surface area (TPSA) is 55.0 Å². The summed E-state index contributed by atoms with van der Waals surface area (Å²) in [6.07, 6.45) is -2.59. The molecule has 1 rings (SSSR count). The number of esters is 1. The standard InChI is InChI=1S/C5H3F3N2O2/c6-5(7,8)3(11)12-4-9-1-2-10-4/h1-2H,(H,9,10). The Morgan fingerprint density at radius 2 is 2.25 bits per heavy atom. The van der Waals surface area contributed by atoms with Crippen LogP contribution >= 0.6 is 0 Å². The van der Waals surface area contributed by atoms with Crippen molar-refractivity contribution in [3.63, 3.8) is 0 Å². The van der Waals surface area contributed by atoms with E-state index in [-0.39, 0.29) is 0 Å². The van der Waals surface area contributed by atoms with Crippen molar-refractivity contribution in [1.29, 1.82) is 0 Å². The van der Waals surface area contributed by atoms with Crippen LogP contribution in [0.1, 0.15) is 0 Å². The van der Waals surface area contributed by atoms with Crippen molar-refractivity contribution in [2.45, 2.75) is 6.18 Å². The van der Waals surface area contributed by atoms with Crippen molar-refractivity contribution in [2.75, 3.05) is 0 Å². The van der Waals surface area contributed by atoms with Crippen LogP contribution in [0.15, 0.2) is 12.4 Å². The van der Waals surface area contributed by atoms with Gasteiger partial charge in [0, 0.05) is 12.4 Å². The first-order valence-corrected chi connectivity index (χ1v) is 2.78. The number of imidazole rings is 1. The fourth-order valence-corrected chi connectivity index (χ4v) is 0.452. The first-order chi connectivity index (χ1) is 5.50. The number of carbonyl (C=O) groups excluding carboxylic acids is 1. The van der Waals surface area contributed by atoms with E-state index >= 15 is 0 Å². The highest BCUT2D eigenvalue weighted by atomic mass is 19.4. The zero-order chi connectivity index (χ0) is 9.19. The number of aromatic amines is 1. The fourth-order valence-electron chi connectivity index (χ4n) is 0.452. The molecule has 0 aliphatic carbocycles. The van der Waals surface area contributed by atoms with Crippen molar-refractivity contribution in [1.82, 2.24) is 9.97 Å². The summed E-state index contributed by atoms with van der Waals surface area (Å²) in [5.41, 5.74) is 0. The smallest absolute Gasteiger partial charge is 0.385 e. The van der Waals surface area contributed by atoms with Gasteiger partial charge in [0.1, 0.15) is 0 Å². The number of alkyl halides is 3. The van der Waals surface area contributed by atoms with Crippen LogP contribution in [0, 0.1) is 0 Å². The van der Waals surface area contributed by atoms with Gasteiger partial charge in [-0.25, -0.2) is 9.78 Å². The van der Waals surface area contributed by atoms with Crippen molar-refractivity contribution >= 4 is 5.97 Å². The van der Waals surface area contributed by atoms with Crippen LogP contribution in [0.2, 0.25) is 0 Å². The molecule has 0 saturated heterocycles. The van der Waals surface area contributed by atoms with Crippen LogP contribution < -0.4 is 4.74 Å². The summed E-state index contributed by atoms with van der Waals surface area (Å²) in [5.74, 6) is -2.29. The molecular weight excluding hydrogens is 177 g/mol. The second-order valence-electron chi connectivity index (χ2n) is 1.78. The summed E-state index contributed by atoms with van der Waals surface area (Å²) in [4.78, 5) is 15.6. The molecule has 0 unspecified atom stereocenters. The molecule has 0 aromatic carbocycles. The van der Waals surface area contributed by atoms with E-state index in [1.54, 1.807) is 0 Å². The Morgan fingerprint density at radius 1 is 1.58 bits per heavy atom. The molecule has 0 saturated carbocycles. The second-order valence-corrected chi connectivity index (χ2v) is 1.78. The van der Waals surface area contributed by atoms with Gasteiger partial charge in [-0.3, -0.25) is 0 Å². The van der Waals surface area contributed by atoms with Crippen LogP contribution in [-0.4, -0.2) is 22.1 Å². The van der Waals surface area contributed by atoms with Gasteiger partial charge in [-0.2, -0.15) is 13.2 Å². The van der Waals surface area contributed by atoms with Gasteiger partial charge in [-0.1, -0.05) is 0 Å². The molecule has 66 valence electrons. The molecule has 0 bridgehead atoms. The Hall–Kier alpha value is -1.53. The Kier molecular flexibility index (Phi) is 2.03. The molecule has 1 N–H and O–H groups in total. The number of nitrogens with zero attached hydrogens (tertiary/aromatic N) is 1. The summed E-state index contributed by atoms with van der Waals surface area (Å²) in [7, 11) is 0. The summed E-state index contributed by atoms with van der Waals surface area (Å²) < 4.78 is 38.4. The number of nitrogens with one attached hydrogen (secondary N) is 1. The highest BCUT2D eigenvalue weighted by molar-refractivity contribution is 5.77. The Balaban J connectivity index is 2.60. The Bertz CT molecular complexity index is 267. The van der Waals surface area contributed by atoms with E-state index in [1.807, 2.05) is 0 Å². The van der Waals surface area contributed by atoms with Crippen molar-refractivity contribution in [3.8, 4) is 6.01 Å². The molecule has 1 aromatic heterocycles. The predicted molar refractivity (Wildman–Crippen MR) is 30.3 cm³/mol. The molecule has 1 aromatic rings. The Labute approximate surface area is 64.4 Å². The molecule has 1 heterocycles. The lowest BCUT2D eigenvalue weighted by Gasteiger charge is -2.02. The van der Waals surface area contributed by atoms with Gasteiger partial charge in [0.2, 0.25) is 0 Å². The van der Waals surface area contributed by atoms with Gasteiger partial charge < -0.3 is 9.72 Å². The van der Waals surface area contributed by atoms with E-state index in [0.29, 0.717) is 0 Å². The molecule has 0 amide bonds. The molecule has 0 aliphatic rings. The predicted octanol–water partition coefficient (Wildman–Crippen LogP) is 0.877. The average molecular weight is 180 g/mol. The van der Waals surface area contributed by atoms with Gasteiger partial charge in [0.25, 0.3) is 0 Å². The largest absolute Gasteiger partial charge is 0.491 e. The number of hydrogen-bond acceptors (Lipinski definition) is 3. The SMILES string of the molecule is O=C(Oc1ncc[nH]1)C(F)(F)F. The number of rotatable bonds is 1. The fraction of sp³-hybridized carbons (Fsp3) is 0.200. The van der Waals surface area contributed by atoms with Crippen LogP contribution in [0.4, 0.5) is 13.2 Å². The minimum absolute atomic E-state index is 0.475. The summed E-state index contributed by atoms with van der Waals surface area (Å²) in [6, 6.07) is -0.475. The van der Waals surface area contributed by atoms with Crippen LogP contribution in [0.3, 0.4) is 0 Å². The lowest BCUT2D eigenvalue weighted by molar-refractivity contribution is -0.190. The maximum atomic E-state index is 11.5. The van der Waals surface area contributed by atoms with Crippen LogP contribution in [0.25, 0.3) is 0 Å². The van der Waals surface area contributed by atoms with Gasteiger partial charge in [-0.15, -0.1) is 0 Å². The highest BCUT2D eigenvalue weighted by Crippen LogP contribution is 2.17. The van der Waals surface area contributed by atoms with E-state index in [2.05, 4.69) is 14.7 Å². The van der Waals surface area contributed by atoms with Crippen LogP contribution in [-0.2, 0) is 4.79 Å². The van der Waals surface area contributed by atoms with E-state index < -0.39 is 18.2 Å². The average Bonchev–Trinajstić information content (AvgIpc) is 2.37. The summed E-state index contributed by atoms with van der Waals surface area (Å²) in [5, 5.41) is 0. The minimum Gasteiger partial charge on any atom is -0.385 e. The van der Waals surface area contributed by atoms with E-state index in [9.17, 15) is 18.0 Å². The molecule has 0 radical (unpaired) electrons. The minimum atomic E-state index is -4.99. The van der Waals surface area contributed by atoms with Crippen molar-refractivity contribution in [3.05, 3.63) is 12.4 Å². The van der Waals surface area contributed by atoms with Crippen molar-refractivity contribution < 1.29 is 22.7 Å². The second kappa shape index (κ2) is 2.84. The number of H-pyrrole nitrogens is 1. The zero-order valence-electron chi connectivity index (χ0n) is 5.55. The molecule has 0 fully saturated rings. The molecule has 7 heteroatoms. The number of carbonyl (C=O) groups is 1. The highest BCUT2D eigenvalue weighted by Gasteiger charge is 2.41. The normalized spacial score (nSPS) is 11.2. The summed E-state index contributed by atoms with van der Waals surface area (Å²) in [6.45, 7) is 0. The van der Waals surface area contributed by atoms with Gasteiger partial charge in [0.05, 0.1) is 0 Å². The third-order valence-electron chi connectivity index (χ3n) is 0.894. The lowest BCUT2D eigenvalue weighted by atomic mass is 10.7. The Morgan fingerprint density at radius 3 is 2.67 bits per heavy atom. The molecule has 4 nitrogen and oxygen atoms in total. The van der Waals surface area contributed by atoms with Crippen LogP contribution in [0.5, 0.6) is 6.01 Å². The van der Waals surface area contributed by atoms with E-state index in [1.165, 1.54) is 12.4 Å². The molecule has 12 heavy (non-hydrogen) atoms. The number of halogens is 3. The van der Waals surface area contributed by atoms with Gasteiger partial charge >= 0.3 is 18.2 Å². The van der Waals surface area contributed by atoms with Gasteiger partial charge in [0.15, 0.2) is 0 Å². The van der Waals surface area contributed by atoms with E-state index in [4.69, 9.17) is 0 Å². The van der Waals surface area contributed by atoms with Crippen molar-refractivity contribution in [2.24, 2.45) is 0 Å². The molecular formula is C5H3F3N2O2. The monoisotopic (exact) mass is 180 g/mol. The zero-order valence-corrected chi connectivity index (χ0v) is 5.55. The first kappa shape index (κ1) is 8.57. The number of ether oxygens (including phenoxy) is 1. The molecule has 0 aliphatic heterocycles. The quantitative estimate of drug-likeness (QED) is 0.652. The van der Waals surface area contributed by atoms with Gasteiger partial charge in [-0.05, 0) is 0 Å². The summed E-state index contributed by atoms with van der Waals surface area (Å²) >= 11 is 0. The van der Waals surface area contributed by atoms with E-state index in [0.717, 1.165) is 0 Å². The lowest BCUT2D eigenvalue weighted by Crippen LogP contribution is -2.28.